The molecule has 17 heavy (non-hydrogen) atoms. The van der Waals surface area contributed by atoms with Crippen LogP contribution in [0.5, 0.6) is 0 Å². The lowest BCUT2D eigenvalue weighted by Gasteiger charge is -2.16. The molecule has 0 amide bonds. The maximum absolute atomic E-state index is 11.0. The third-order valence-corrected chi connectivity index (χ3v) is 2.86. The van der Waals surface area contributed by atoms with Crippen LogP contribution >= 0.6 is 0 Å². The number of aliphatic carboxylic acids is 1. The van der Waals surface area contributed by atoms with Gasteiger partial charge in [-0.05, 0) is 23.4 Å². The van der Waals surface area contributed by atoms with Crippen LogP contribution in [0, 0.1) is 11.8 Å². The van der Waals surface area contributed by atoms with Crippen molar-refractivity contribution < 1.29 is 19.9 Å². The molecule has 4 nitrogen and oxygen atoms in total. The van der Waals surface area contributed by atoms with Gasteiger partial charge >= 0.3 is 13.1 Å². The highest BCUT2D eigenvalue weighted by molar-refractivity contribution is 6.58. The van der Waals surface area contributed by atoms with E-state index in [-0.39, 0.29) is 5.92 Å². The summed E-state index contributed by atoms with van der Waals surface area (Å²) in [6, 6.07) is 6.65. The van der Waals surface area contributed by atoms with Crippen molar-refractivity contribution in [3.05, 3.63) is 29.8 Å². The summed E-state index contributed by atoms with van der Waals surface area (Å²) in [5, 5.41) is 26.9. The summed E-state index contributed by atoms with van der Waals surface area (Å²) in [7, 11) is -1.48. The molecule has 0 saturated carbocycles. The van der Waals surface area contributed by atoms with Crippen LogP contribution in [0.1, 0.15) is 19.4 Å². The number of hydrogen-bond acceptors (Lipinski definition) is 3. The zero-order valence-electron chi connectivity index (χ0n) is 10.00. The molecule has 0 spiro atoms. The van der Waals surface area contributed by atoms with Crippen LogP contribution in [0.2, 0.25) is 0 Å². The second-order valence-electron chi connectivity index (χ2n) is 4.51. The fraction of sp³-hybridized carbons (Fsp3) is 0.417. The Morgan fingerprint density at radius 3 is 2.12 bits per heavy atom. The summed E-state index contributed by atoms with van der Waals surface area (Å²) < 4.78 is 0. The predicted octanol–water partition coefficient (Wildman–Crippen LogP) is 0.266. The second kappa shape index (κ2) is 5.84. The van der Waals surface area contributed by atoms with E-state index in [1.807, 2.05) is 13.8 Å². The highest BCUT2D eigenvalue weighted by Gasteiger charge is 2.21. The van der Waals surface area contributed by atoms with Gasteiger partial charge in [0.15, 0.2) is 0 Å². The summed E-state index contributed by atoms with van der Waals surface area (Å²) in [5.74, 6) is -1.15. The van der Waals surface area contributed by atoms with E-state index in [0.29, 0.717) is 11.9 Å². The Hall–Kier alpha value is -1.33. The second-order valence-corrected chi connectivity index (χ2v) is 4.51. The average molecular weight is 236 g/mol. The maximum Gasteiger partial charge on any atom is 0.488 e. The minimum Gasteiger partial charge on any atom is -0.481 e. The summed E-state index contributed by atoms with van der Waals surface area (Å²) in [6.07, 6.45) is 0.453. The minimum absolute atomic E-state index is 0.0654. The maximum atomic E-state index is 11.0. The van der Waals surface area contributed by atoms with Gasteiger partial charge in [0.2, 0.25) is 0 Å². The molecule has 3 N–H and O–H groups in total. The van der Waals surface area contributed by atoms with E-state index in [9.17, 15) is 4.79 Å². The molecule has 92 valence electrons. The van der Waals surface area contributed by atoms with Gasteiger partial charge in [0.05, 0.1) is 5.92 Å². The molecule has 0 aliphatic carbocycles. The van der Waals surface area contributed by atoms with Crippen molar-refractivity contribution in [3.8, 4) is 0 Å². The summed E-state index contributed by atoms with van der Waals surface area (Å²) in [4.78, 5) is 11.0. The first-order valence-electron chi connectivity index (χ1n) is 5.59. The van der Waals surface area contributed by atoms with E-state index in [1.165, 1.54) is 0 Å². The molecule has 0 fully saturated rings. The molecule has 0 aliphatic rings. The highest BCUT2D eigenvalue weighted by Crippen LogP contribution is 2.17. The van der Waals surface area contributed by atoms with E-state index in [0.717, 1.165) is 5.56 Å². The first-order chi connectivity index (χ1) is 7.91. The molecule has 0 saturated heterocycles. The molecule has 0 radical (unpaired) electrons. The normalized spacial score (nSPS) is 12.5. The van der Waals surface area contributed by atoms with Crippen molar-refractivity contribution in [2.75, 3.05) is 0 Å². The van der Waals surface area contributed by atoms with E-state index >= 15 is 0 Å². The van der Waals surface area contributed by atoms with Crippen molar-refractivity contribution in [2.24, 2.45) is 11.8 Å². The van der Waals surface area contributed by atoms with E-state index in [1.54, 1.807) is 24.3 Å². The molecule has 1 aromatic rings. The van der Waals surface area contributed by atoms with Crippen molar-refractivity contribution in [1.29, 1.82) is 0 Å². The Kier molecular flexibility index (Phi) is 4.72. The number of carbonyl (C=O) groups is 1. The lowest BCUT2D eigenvalue weighted by molar-refractivity contribution is -0.143. The van der Waals surface area contributed by atoms with Gasteiger partial charge in [-0.3, -0.25) is 4.79 Å². The zero-order valence-corrected chi connectivity index (χ0v) is 10.00. The van der Waals surface area contributed by atoms with Crippen LogP contribution in [0.25, 0.3) is 0 Å². The largest absolute Gasteiger partial charge is 0.488 e. The van der Waals surface area contributed by atoms with Crippen LogP contribution in [-0.2, 0) is 11.2 Å². The molecule has 0 aliphatic heterocycles. The molecule has 1 aromatic carbocycles. The van der Waals surface area contributed by atoms with Gasteiger partial charge in [0.1, 0.15) is 0 Å². The standard InChI is InChI=1S/C12H17BO4/c1-8(2)11(12(14)15)7-9-3-5-10(6-4-9)13(16)17/h3-6,8,11,16-17H,7H2,1-2H3,(H,14,15). The third-order valence-electron chi connectivity index (χ3n) is 2.86. The predicted molar refractivity (Wildman–Crippen MR) is 65.9 cm³/mol. The SMILES string of the molecule is CC(C)C(Cc1ccc(B(O)O)cc1)C(=O)O. The van der Waals surface area contributed by atoms with E-state index < -0.39 is 19.0 Å². The Labute approximate surface area is 101 Å². The van der Waals surface area contributed by atoms with Gasteiger partial charge in [-0.2, -0.15) is 0 Å². The average Bonchev–Trinajstić information content (AvgIpc) is 2.25. The quantitative estimate of drug-likeness (QED) is 0.641. The highest BCUT2D eigenvalue weighted by atomic mass is 16.4. The number of benzene rings is 1. The minimum atomic E-state index is -1.48. The number of carboxylic acid groups (broad SMARTS) is 1. The molecule has 0 bridgehead atoms. The summed E-state index contributed by atoms with van der Waals surface area (Å²) in [6.45, 7) is 3.76. The molecule has 1 unspecified atom stereocenters. The van der Waals surface area contributed by atoms with Gasteiger partial charge < -0.3 is 15.2 Å². The van der Waals surface area contributed by atoms with Crippen LogP contribution < -0.4 is 5.46 Å². The van der Waals surface area contributed by atoms with Gasteiger partial charge in [-0.15, -0.1) is 0 Å². The fourth-order valence-electron chi connectivity index (χ4n) is 1.69. The summed E-state index contributed by atoms with van der Waals surface area (Å²) >= 11 is 0. The van der Waals surface area contributed by atoms with Crippen molar-refractivity contribution in [1.82, 2.24) is 0 Å². The summed E-state index contributed by atoms with van der Waals surface area (Å²) in [5.41, 5.74) is 1.29. The van der Waals surface area contributed by atoms with E-state index in [2.05, 4.69) is 0 Å². The molecule has 0 heterocycles. The van der Waals surface area contributed by atoms with E-state index in [4.69, 9.17) is 15.2 Å². The van der Waals surface area contributed by atoms with Crippen LogP contribution in [0.4, 0.5) is 0 Å². The first kappa shape index (κ1) is 13.7. The van der Waals surface area contributed by atoms with Crippen LogP contribution in [0.15, 0.2) is 24.3 Å². The fourth-order valence-corrected chi connectivity index (χ4v) is 1.69. The molecule has 1 atom stereocenters. The molecular formula is C12H17BO4. The van der Waals surface area contributed by atoms with Gasteiger partial charge in [-0.25, -0.2) is 0 Å². The topological polar surface area (TPSA) is 77.8 Å². The van der Waals surface area contributed by atoms with Gasteiger partial charge in [0.25, 0.3) is 0 Å². The number of hydrogen-bond donors (Lipinski definition) is 3. The molecule has 5 heteroatoms. The zero-order chi connectivity index (χ0) is 13.0. The third kappa shape index (κ3) is 3.87. The Morgan fingerprint density at radius 2 is 1.76 bits per heavy atom. The van der Waals surface area contributed by atoms with Crippen molar-refractivity contribution >= 4 is 18.6 Å². The number of rotatable bonds is 5. The van der Waals surface area contributed by atoms with Gasteiger partial charge in [0, 0.05) is 0 Å². The monoisotopic (exact) mass is 236 g/mol. The van der Waals surface area contributed by atoms with Crippen LogP contribution in [0.3, 0.4) is 0 Å². The lowest BCUT2D eigenvalue weighted by Crippen LogP contribution is -2.29. The molecule has 0 aromatic heterocycles. The molecular weight excluding hydrogens is 219 g/mol. The van der Waals surface area contributed by atoms with Crippen molar-refractivity contribution in [3.63, 3.8) is 0 Å². The Morgan fingerprint density at radius 1 is 1.24 bits per heavy atom. The molecule has 1 rings (SSSR count). The number of carboxylic acids is 1. The van der Waals surface area contributed by atoms with Crippen LogP contribution in [-0.4, -0.2) is 28.2 Å². The van der Waals surface area contributed by atoms with Crippen molar-refractivity contribution in [2.45, 2.75) is 20.3 Å². The Bertz CT molecular complexity index is 373. The Balaban J connectivity index is 2.77. The first-order valence-corrected chi connectivity index (χ1v) is 5.59. The lowest BCUT2D eigenvalue weighted by atomic mass is 9.79. The van der Waals surface area contributed by atoms with Gasteiger partial charge in [-0.1, -0.05) is 38.1 Å². The smallest absolute Gasteiger partial charge is 0.481 e.